The first kappa shape index (κ1) is 11.0. The fraction of sp³-hybridized carbons (Fsp3) is 1.00. The fourth-order valence-electron chi connectivity index (χ4n) is 1.91. The summed E-state index contributed by atoms with van der Waals surface area (Å²) in [6.45, 7) is 4.98. The number of hydrogen-bond donors (Lipinski definition) is 2. The number of aliphatic hydroxyl groups excluding tert-OH is 1. The Bertz CT molecular complexity index is 130. The van der Waals surface area contributed by atoms with E-state index in [9.17, 15) is 5.11 Å². The summed E-state index contributed by atoms with van der Waals surface area (Å²) in [5, 5.41) is 12.7. The standard InChI is InChI=1S/C11H23NO/c1-9(10(2)13)12-8-11-6-4-3-5-7-11/h9-13H,3-8H2,1-2H3. The van der Waals surface area contributed by atoms with Gasteiger partial charge in [0.25, 0.3) is 0 Å². The molecule has 78 valence electrons. The maximum absolute atomic E-state index is 9.29. The van der Waals surface area contributed by atoms with E-state index < -0.39 is 0 Å². The van der Waals surface area contributed by atoms with Crippen molar-refractivity contribution in [2.24, 2.45) is 5.92 Å². The summed E-state index contributed by atoms with van der Waals surface area (Å²) in [6, 6.07) is 0.238. The fourth-order valence-corrected chi connectivity index (χ4v) is 1.91. The molecule has 2 unspecified atom stereocenters. The van der Waals surface area contributed by atoms with Crippen LogP contribution >= 0.6 is 0 Å². The minimum atomic E-state index is -0.233. The quantitative estimate of drug-likeness (QED) is 0.701. The summed E-state index contributed by atoms with van der Waals surface area (Å²) in [4.78, 5) is 0. The van der Waals surface area contributed by atoms with Crippen LogP contribution in [0.25, 0.3) is 0 Å². The predicted octanol–water partition coefficient (Wildman–Crippen LogP) is 1.93. The second-order valence-corrected chi connectivity index (χ2v) is 4.44. The van der Waals surface area contributed by atoms with Crippen molar-refractivity contribution in [3.8, 4) is 0 Å². The second-order valence-electron chi connectivity index (χ2n) is 4.44. The molecule has 1 saturated carbocycles. The molecular weight excluding hydrogens is 162 g/mol. The second kappa shape index (κ2) is 5.61. The molecule has 1 fully saturated rings. The predicted molar refractivity (Wildman–Crippen MR) is 55.7 cm³/mol. The smallest absolute Gasteiger partial charge is 0.0662 e. The van der Waals surface area contributed by atoms with Crippen LogP contribution in [0.15, 0.2) is 0 Å². The monoisotopic (exact) mass is 185 g/mol. The summed E-state index contributed by atoms with van der Waals surface area (Å²) in [5.74, 6) is 0.856. The third-order valence-corrected chi connectivity index (χ3v) is 3.18. The Morgan fingerprint density at radius 3 is 2.38 bits per heavy atom. The van der Waals surface area contributed by atoms with Gasteiger partial charge in [0.15, 0.2) is 0 Å². The molecule has 13 heavy (non-hydrogen) atoms. The maximum atomic E-state index is 9.29. The van der Waals surface area contributed by atoms with Crippen molar-refractivity contribution < 1.29 is 5.11 Å². The van der Waals surface area contributed by atoms with Crippen LogP contribution in [0.4, 0.5) is 0 Å². The van der Waals surface area contributed by atoms with Gasteiger partial charge in [0.05, 0.1) is 6.10 Å². The molecule has 0 bridgehead atoms. The van der Waals surface area contributed by atoms with Gasteiger partial charge < -0.3 is 10.4 Å². The van der Waals surface area contributed by atoms with E-state index in [4.69, 9.17) is 0 Å². The van der Waals surface area contributed by atoms with Crippen molar-refractivity contribution in [1.82, 2.24) is 5.32 Å². The highest BCUT2D eigenvalue weighted by Crippen LogP contribution is 2.22. The molecule has 0 spiro atoms. The first-order valence-corrected chi connectivity index (χ1v) is 5.61. The molecule has 1 rings (SSSR count). The Morgan fingerprint density at radius 1 is 1.23 bits per heavy atom. The lowest BCUT2D eigenvalue weighted by atomic mass is 9.89. The molecule has 0 saturated heterocycles. The number of nitrogens with one attached hydrogen (secondary N) is 1. The zero-order valence-corrected chi connectivity index (χ0v) is 8.92. The molecule has 1 aliphatic rings. The first-order valence-electron chi connectivity index (χ1n) is 5.61. The van der Waals surface area contributed by atoms with Crippen molar-refractivity contribution in [2.75, 3.05) is 6.54 Å². The number of aliphatic hydroxyl groups is 1. The molecule has 0 heterocycles. The van der Waals surface area contributed by atoms with Crippen LogP contribution in [0, 0.1) is 5.92 Å². The van der Waals surface area contributed by atoms with Gasteiger partial charge in [-0.2, -0.15) is 0 Å². The molecule has 1 aliphatic carbocycles. The lowest BCUT2D eigenvalue weighted by Gasteiger charge is -2.25. The van der Waals surface area contributed by atoms with E-state index in [-0.39, 0.29) is 12.1 Å². The van der Waals surface area contributed by atoms with Crippen LogP contribution in [0.1, 0.15) is 46.0 Å². The molecule has 0 aromatic heterocycles. The van der Waals surface area contributed by atoms with Gasteiger partial charge in [-0.1, -0.05) is 19.3 Å². The summed E-state index contributed by atoms with van der Waals surface area (Å²) < 4.78 is 0. The number of rotatable bonds is 4. The molecule has 0 radical (unpaired) electrons. The summed E-state index contributed by atoms with van der Waals surface area (Å²) >= 11 is 0. The Kier molecular flexibility index (Phi) is 4.74. The largest absolute Gasteiger partial charge is 0.392 e. The van der Waals surface area contributed by atoms with E-state index in [1.165, 1.54) is 32.1 Å². The van der Waals surface area contributed by atoms with E-state index in [1.807, 2.05) is 13.8 Å². The summed E-state index contributed by atoms with van der Waals surface area (Å²) in [7, 11) is 0. The lowest BCUT2D eigenvalue weighted by Crippen LogP contribution is -2.38. The van der Waals surface area contributed by atoms with Crippen LogP contribution in [0.5, 0.6) is 0 Å². The minimum Gasteiger partial charge on any atom is -0.392 e. The van der Waals surface area contributed by atoms with Gasteiger partial charge in [0.2, 0.25) is 0 Å². The normalized spacial score (nSPS) is 24.2. The molecule has 2 heteroatoms. The van der Waals surface area contributed by atoms with Gasteiger partial charge >= 0.3 is 0 Å². The topological polar surface area (TPSA) is 32.3 Å². The molecule has 0 aromatic carbocycles. The van der Waals surface area contributed by atoms with Gasteiger partial charge in [-0.05, 0) is 39.2 Å². The Labute approximate surface area is 81.7 Å². The maximum Gasteiger partial charge on any atom is 0.0662 e. The third-order valence-electron chi connectivity index (χ3n) is 3.18. The molecular formula is C11H23NO. The third kappa shape index (κ3) is 4.10. The van der Waals surface area contributed by atoms with Crippen LogP contribution in [-0.4, -0.2) is 23.8 Å². The molecule has 0 aromatic rings. The molecule has 2 nitrogen and oxygen atoms in total. The van der Waals surface area contributed by atoms with E-state index in [0.29, 0.717) is 0 Å². The SMILES string of the molecule is CC(O)C(C)NCC1CCCCC1. The van der Waals surface area contributed by atoms with Gasteiger partial charge in [0.1, 0.15) is 0 Å². The zero-order valence-electron chi connectivity index (χ0n) is 8.92. The average Bonchev–Trinajstić information content (AvgIpc) is 2.15. The van der Waals surface area contributed by atoms with Crippen LogP contribution in [0.2, 0.25) is 0 Å². The highest BCUT2D eigenvalue weighted by atomic mass is 16.3. The molecule has 2 atom stereocenters. The minimum absolute atomic E-state index is 0.233. The van der Waals surface area contributed by atoms with Crippen molar-refractivity contribution in [1.29, 1.82) is 0 Å². The molecule has 2 N–H and O–H groups in total. The van der Waals surface area contributed by atoms with E-state index in [1.54, 1.807) is 0 Å². The molecule has 0 aliphatic heterocycles. The average molecular weight is 185 g/mol. The van der Waals surface area contributed by atoms with E-state index >= 15 is 0 Å². The van der Waals surface area contributed by atoms with Crippen molar-refractivity contribution >= 4 is 0 Å². The highest BCUT2D eigenvalue weighted by Gasteiger charge is 2.15. The first-order chi connectivity index (χ1) is 6.20. The van der Waals surface area contributed by atoms with Crippen LogP contribution < -0.4 is 5.32 Å². The van der Waals surface area contributed by atoms with Crippen molar-refractivity contribution in [3.63, 3.8) is 0 Å². The Hall–Kier alpha value is -0.0800. The van der Waals surface area contributed by atoms with Crippen molar-refractivity contribution in [2.45, 2.75) is 58.1 Å². The highest BCUT2D eigenvalue weighted by molar-refractivity contribution is 4.72. The lowest BCUT2D eigenvalue weighted by molar-refractivity contribution is 0.148. The van der Waals surface area contributed by atoms with Gasteiger partial charge in [-0.25, -0.2) is 0 Å². The zero-order chi connectivity index (χ0) is 9.68. The van der Waals surface area contributed by atoms with Crippen LogP contribution in [-0.2, 0) is 0 Å². The van der Waals surface area contributed by atoms with Gasteiger partial charge in [0, 0.05) is 6.04 Å². The van der Waals surface area contributed by atoms with E-state index in [2.05, 4.69) is 5.32 Å². The Balaban J connectivity index is 2.10. The summed E-state index contributed by atoms with van der Waals surface area (Å²) in [5.41, 5.74) is 0. The van der Waals surface area contributed by atoms with Gasteiger partial charge in [-0.15, -0.1) is 0 Å². The van der Waals surface area contributed by atoms with Crippen LogP contribution in [0.3, 0.4) is 0 Å². The molecule has 0 amide bonds. The Morgan fingerprint density at radius 2 is 1.85 bits per heavy atom. The number of hydrogen-bond acceptors (Lipinski definition) is 2. The van der Waals surface area contributed by atoms with Crippen molar-refractivity contribution in [3.05, 3.63) is 0 Å². The van der Waals surface area contributed by atoms with E-state index in [0.717, 1.165) is 12.5 Å². The summed E-state index contributed by atoms with van der Waals surface area (Å²) in [6.07, 6.45) is 6.73. The van der Waals surface area contributed by atoms with Gasteiger partial charge in [-0.3, -0.25) is 0 Å².